The molecule has 0 N–H and O–H groups in total. The molecule has 0 aliphatic rings. The van der Waals surface area contributed by atoms with Gasteiger partial charge in [0.05, 0.1) is 0 Å². The average molecular weight is 186 g/mol. The molecule has 0 rings (SSSR count). The van der Waals surface area contributed by atoms with Crippen LogP contribution in [0.3, 0.4) is 0 Å². The Labute approximate surface area is 79.7 Å². The number of rotatable bonds is 2. The van der Waals surface area contributed by atoms with Gasteiger partial charge in [-0.1, -0.05) is 6.58 Å². The van der Waals surface area contributed by atoms with Gasteiger partial charge in [0.2, 0.25) is 0 Å². The molecule has 0 aromatic rings. The maximum Gasteiger partial charge on any atom is 0.509 e. The van der Waals surface area contributed by atoms with E-state index in [0.717, 1.165) is 0 Å². The lowest BCUT2D eigenvalue weighted by atomic mass is 10.1. The SMILES string of the molecule is C=CC(C)(C)OC(=O)OC(C)(C)C. The molecule has 0 radical (unpaired) electrons. The van der Waals surface area contributed by atoms with E-state index in [0.29, 0.717) is 0 Å². The van der Waals surface area contributed by atoms with E-state index in [4.69, 9.17) is 9.47 Å². The molecule has 0 aromatic carbocycles. The minimum atomic E-state index is -0.678. The van der Waals surface area contributed by atoms with E-state index in [1.807, 2.05) is 0 Å². The molecule has 0 aliphatic carbocycles. The largest absolute Gasteiger partial charge is 0.509 e. The smallest absolute Gasteiger partial charge is 0.429 e. The van der Waals surface area contributed by atoms with E-state index in [2.05, 4.69) is 6.58 Å². The first-order valence-corrected chi connectivity index (χ1v) is 4.22. The summed E-state index contributed by atoms with van der Waals surface area (Å²) in [5, 5.41) is 0. The highest BCUT2D eigenvalue weighted by atomic mass is 16.7. The molecule has 0 amide bonds. The van der Waals surface area contributed by atoms with Gasteiger partial charge in [0.1, 0.15) is 11.2 Å². The minimum Gasteiger partial charge on any atom is -0.429 e. The van der Waals surface area contributed by atoms with Crippen LogP contribution in [0.1, 0.15) is 34.6 Å². The Hall–Kier alpha value is -0.990. The van der Waals surface area contributed by atoms with Crippen molar-refractivity contribution in [1.82, 2.24) is 0 Å². The van der Waals surface area contributed by atoms with Gasteiger partial charge < -0.3 is 9.47 Å². The fraction of sp³-hybridized carbons (Fsp3) is 0.700. The van der Waals surface area contributed by atoms with Crippen molar-refractivity contribution in [3.05, 3.63) is 12.7 Å². The molecule has 0 fully saturated rings. The van der Waals surface area contributed by atoms with Crippen molar-refractivity contribution in [2.45, 2.75) is 45.8 Å². The van der Waals surface area contributed by atoms with Gasteiger partial charge in [0.15, 0.2) is 0 Å². The van der Waals surface area contributed by atoms with Crippen molar-refractivity contribution in [3.63, 3.8) is 0 Å². The Balaban J connectivity index is 4.10. The van der Waals surface area contributed by atoms with Crippen LogP contribution in [0.4, 0.5) is 4.79 Å². The lowest BCUT2D eigenvalue weighted by Crippen LogP contribution is -2.31. The Morgan fingerprint density at radius 3 is 1.92 bits per heavy atom. The summed E-state index contributed by atoms with van der Waals surface area (Å²) >= 11 is 0. The molecule has 0 atom stereocenters. The number of ether oxygens (including phenoxy) is 2. The maximum atomic E-state index is 11.1. The predicted molar refractivity (Wildman–Crippen MR) is 51.6 cm³/mol. The van der Waals surface area contributed by atoms with Crippen LogP contribution < -0.4 is 0 Å². The van der Waals surface area contributed by atoms with Crippen LogP contribution in [-0.4, -0.2) is 17.4 Å². The molecule has 0 bridgehead atoms. The van der Waals surface area contributed by atoms with Gasteiger partial charge in [-0.3, -0.25) is 0 Å². The van der Waals surface area contributed by atoms with E-state index in [1.165, 1.54) is 0 Å². The van der Waals surface area contributed by atoms with Crippen LogP contribution in [0.25, 0.3) is 0 Å². The van der Waals surface area contributed by atoms with Crippen molar-refractivity contribution >= 4 is 6.16 Å². The molecule has 0 unspecified atom stereocenters. The van der Waals surface area contributed by atoms with Crippen LogP contribution in [0.15, 0.2) is 12.7 Å². The summed E-state index contributed by atoms with van der Waals surface area (Å²) in [5.41, 5.74) is -1.20. The summed E-state index contributed by atoms with van der Waals surface area (Å²) in [6.07, 6.45) is 0.883. The van der Waals surface area contributed by atoms with E-state index >= 15 is 0 Å². The second-order valence-corrected chi connectivity index (χ2v) is 4.37. The lowest BCUT2D eigenvalue weighted by molar-refractivity contribution is -0.0381. The molecule has 13 heavy (non-hydrogen) atoms. The normalized spacial score (nSPS) is 12.1. The van der Waals surface area contributed by atoms with Crippen LogP contribution in [0.5, 0.6) is 0 Å². The molecule has 0 saturated heterocycles. The van der Waals surface area contributed by atoms with Gasteiger partial charge in [-0.2, -0.15) is 0 Å². The number of carbonyl (C=O) groups excluding carboxylic acids is 1. The van der Waals surface area contributed by atoms with Crippen molar-refractivity contribution < 1.29 is 14.3 Å². The van der Waals surface area contributed by atoms with Crippen LogP contribution in [0, 0.1) is 0 Å². The van der Waals surface area contributed by atoms with Crippen molar-refractivity contribution in [3.8, 4) is 0 Å². The molecule has 76 valence electrons. The summed E-state index contributed by atoms with van der Waals surface area (Å²) in [4.78, 5) is 11.1. The van der Waals surface area contributed by atoms with E-state index in [1.54, 1.807) is 40.7 Å². The summed E-state index contributed by atoms with van der Waals surface area (Å²) in [6.45, 7) is 12.4. The molecule has 0 heterocycles. The quantitative estimate of drug-likeness (QED) is 0.491. The van der Waals surface area contributed by atoms with Crippen molar-refractivity contribution in [1.29, 1.82) is 0 Å². The van der Waals surface area contributed by atoms with Gasteiger partial charge in [-0.05, 0) is 40.7 Å². The standard InChI is InChI=1S/C10H18O3/c1-7-10(5,6)13-8(11)12-9(2,3)4/h7H,1H2,2-6H3. The van der Waals surface area contributed by atoms with Crippen LogP contribution >= 0.6 is 0 Å². The number of hydrogen-bond donors (Lipinski definition) is 0. The van der Waals surface area contributed by atoms with E-state index < -0.39 is 17.4 Å². The lowest BCUT2D eigenvalue weighted by Gasteiger charge is -2.24. The molecule has 0 aromatic heterocycles. The topological polar surface area (TPSA) is 35.5 Å². The second kappa shape index (κ2) is 3.81. The Bertz CT molecular complexity index is 199. The Morgan fingerprint density at radius 2 is 1.62 bits per heavy atom. The Morgan fingerprint density at radius 1 is 1.15 bits per heavy atom. The molecule has 0 aliphatic heterocycles. The summed E-state index contributed by atoms with van der Waals surface area (Å²) in [7, 11) is 0. The van der Waals surface area contributed by atoms with E-state index in [9.17, 15) is 4.79 Å². The highest BCUT2D eigenvalue weighted by molar-refractivity contribution is 5.61. The van der Waals surface area contributed by atoms with Crippen LogP contribution in [0.2, 0.25) is 0 Å². The first-order valence-electron chi connectivity index (χ1n) is 4.22. The summed E-state index contributed by atoms with van der Waals surface area (Å²) < 4.78 is 9.95. The molecule has 3 nitrogen and oxygen atoms in total. The summed E-state index contributed by atoms with van der Waals surface area (Å²) in [6, 6.07) is 0. The zero-order chi connectivity index (χ0) is 10.7. The first kappa shape index (κ1) is 12.0. The Kier molecular flexibility index (Phi) is 3.52. The van der Waals surface area contributed by atoms with Gasteiger partial charge in [-0.25, -0.2) is 4.79 Å². The highest BCUT2D eigenvalue weighted by Crippen LogP contribution is 2.15. The van der Waals surface area contributed by atoms with Gasteiger partial charge in [0, 0.05) is 0 Å². The van der Waals surface area contributed by atoms with Crippen molar-refractivity contribution in [2.24, 2.45) is 0 Å². The zero-order valence-electron chi connectivity index (χ0n) is 9.01. The average Bonchev–Trinajstić information content (AvgIpc) is 1.81. The molecular formula is C10H18O3. The highest BCUT2D eigenvalue weighted by Gasteiger charge is 2.23. The molecular weight excluding hydrogens is 168 g/mol. The third-order valence-corrected chi connectivity index (χ3v) is 1.23. The van der Waals surface area contributed by atoms with E-state index in [-0.39, 0.29) is 0 Å². The van der Waals surface area contributed by atoms with Gasteiger partial charge >= 0.3 is 6.16 Å². The molecule has 0 saturated carbocycles. The maximum absolute atomic E-state index is 11.1. The fourth-order valence-electron chi connectivity index (χ4n) is 0.527. The van der Waals surface area contributed by atoms with Gasteiger partial charge in [0.25, 0.3) is 0 Å². The molecule has 3 heteroatoms. The van der Waals surface area contributed by atoms with Crippen LogP contribution in [-0.2, 0) is 9.47 Å². The summed E-state index contributed by atoms with van der Waals surface area (Å²) in [5.74, 6) is 0. The third kappa shape index (κ3) is 6.20. The first-order chi connectivity index (χ1) is 5.66. The van der Waals surface area contributed by atoms with Crippen molar-refractivity contribution in [2.75, 3.05) is 0 Å². The minimum absolute atomic E-state index is 0.520. The zero-order valence-corrected chi connectivity index (χ0v) is 9.01. The fourth-order valence-corrected chi connectivity index (χ4v) is 0.527. The predicted octanol–water partition coefficient (Wildman–Crippen LogP) is 2.90. The molecule has 0 spiro atoms. The number of hydrogen-bond acceptors (Lipinski definition) is 3. The monoisotopic (exact) mass is 186 g/mol. The van der Waals surface area contributed by atoms with Gasteiger partial charge in [-0.15, -0.1) is 0 Å². The second-order valence-electron chi connectivity index (χ2n) is 4.37. The number of carbonyl (C=O) groups is 1. The third-order valence-electron chi connectivity index (χ3n) is 1.23.